The predicted octanol–water partition coefficient (Wildman–Crippen LogP) is 3.41. The summed E-state index contributed by atoms with van der Waals surface area (Å²) in [6, 6.07) is 16.7. The van der Waals surface area contributed by atoms with Gasteiger partial charge >= 0.3 is 5.97 Å². The van der Waals surface area contributed by atoms with Crippen molar-refractivity contribution in [2.45, 2.75) is 19.9 Å². The normalized spacial score (nSPS) is 11.2. The highest BCUT2D eigenvalue weighted by Crippen LogP contribution is 2.24. The molecule has 2 aromatic carbocycles. The molecule has 0 radical (unpaired) electrons. The van der Waals surface area contributed by atoms with E-state index in [9.17, 15) is 9.59 Å². The van der Waals surface area contributed by atoms with E-state index in [4.69, 9.17) is 9.47 Å². The molecule has 0 saturated carbocycles. The van der Waals surface area contributed by atoms with Crippen LogP contribution < -0.4 is 10.1 Å². The Balaban J connectivity index is 2.13. The molecule has 1 N–H and O–H groups in total. The summed E-state index contributed by atoms with van der Waals surface area (Å²) in [6.07, 6.45) is 1.35. The van der Waals surface area contributed by atoms with Crippen molar-refractivity contribution in [2.75, 3.05) is 13.7 Å². The second-order valence-corrected chi connectivity index (χ2v) is 6.01. The molecule has 0 heterocycles. The van der Waals surface area contributed by atoms with Gasteiger partial charge in [-0.25, -0.2) is 4.79 Å². The lowest BCUT2D eigenvalue weighted by Crippen LogP contribution is -2.33. The van der Waals surface area contributed by atoms with E-state index in [1.165, 1.54) is 6.08 Å². The van der Waals surface area contributed by atoms with Crippen LogP contribution in [0.2, 0.25) is 0 Å². The van der Waals surface area contributed by atoms with Gasteiger partial charge in [0.2, 0.25) is 0 Å². The van der Waals surface area contributed by atoms with E-state index in [2.05, 4.69) is 5.32 Å². The summed E-state index contributed by atoms with van der Waals surface area (Å²) < 4.78 is 10.2. The summed E-state index contributed by atoms with van der Waals surface area (Å²) in [7, 11) is 1.60. The van der Waals surface area contributed by atoms with E-state index in [1.807, 2.05) is 54.6 Å². The molecular weight excluding hydrogens is 330 g/mol. The quantitative estimate of drug-likeness (QED) is 0.612. The number of allylic oxidation sites excluding steroid dienone is 1. The van der Waals surface area contributed by atoms with Crippen LogP contribution >= 0.6 is 0 Å². The van der Waals surface area contributed by atoms with Crippen molar-refractivity contribution in [2.24, 2.45) is 0 Å². The number of nitrogens with one attached hydrogen (secondary N) is 1. The predicted molar refractivity (Wildman–Crippen MR) is 99.8 cm³/mol. The number of esters is 1. The van der Waals surface area contributed by atoms with Gasteiger partial charge in [0.25, 0.3) is 5.91 Å². The Morgan fingerprint density at radius 2 is 1.62 bits per heavy atom. The maximum Gasteiger partial charge on any atom is 0.331 e. The van der Waals surface area contributed by atoms with Crippen LogP contribution in [0, 0.1) is 0 Å². The zero-order chi connectivity index (χ0) is 18.9. The highest BCUT2D eigenvalue weighted by molar-refractivity contribution is 5.86. The average Bonchev–Trinajstić information content (AvgIpc) is 2.65. The molecule has 2 rings (SSSR count). The van der Waals surface area contributed by atoms with Crippen LogP contribution in [0.25, 0.3) is 0 Å². The lowest BCUT2D eigenvalue weighted by molar-refractivity contribution is -0.144. The number of ether oxygens (including phenoxy) is 2. The van der Waals surface area contributed by atoms with Gasteiger partial charge in [-0.1, -0.05) is 48.0 Å². The van der Waals surface area contributed by atoms with Crippen molar-refractivity contribution in [1.29, 1.82) is 0 Å². The van der Waals surface area contributed by atoms with Crippen LogP contribution in [0.4, 0.5) is 0 Å². The smallest absolute Gasteiger partial charge is 0.331 e. The first-order valence-electron chi connectivity index (χ1n) is 8.29. The van der Waals surface area contributed by atoms with E-state index < -0.39 is 5.97 Å². The number of carbonyl (C=O) groups is 2. The fourth-order valence-corrected chi connectivity index (χ4v) is 2.42. The van der Waals surface area contributed by atoms with Crippen molar-refractivity contribution in [3.8, 4) is 5.75 Å². The molecule has 0 saturated heterocycles. The number of hydrogen-bond acceptors (Lipinski definition) is 4. The molecular formula is C21H23NO4. The van der Waals surface area contributed by atoms with E-state index >= 15 is 0 Å². The Hall–Kier alpha value is -3.08. The van der Waals surface area contributed by atoms with E-state index in [-0.39, 0.29) is 18.6 Å². The van der Waals surface area contributed by atoms with Gasteiger partial charge in [-0.15, -0.1) is 0 Å². The lowest BCUT2D eigenvalue weighted by Gasteiger charge is -2.20. The summed E-state index contributed by atoms with van der Waals surface area (Å²) in [5, 5.41) is 2.92. The molecule has 26 heavy (non-hydrogen) atoms. The van der Waals surface area contributed by atoms with Gasteiger partial charge in [-0.3, -0.25) is 4.79 Å². The highest BCUT2D eigenvalue weighted by Gasteiger charge is 2.17. The standard InChI is InChI=1S/C21H23NO4/c1-15(2)13-20(24)26-14-19(23)22-21(16-7-5-4-6-8-16)17-9-11-18(25-3)12-10-17/h4-13,21H,14H2,1-3H3,(H,22,23)/t21-/m1/s1. The molecule has 2 aromatic rings. The maximum atomic E-state index is 12.3. The van der Waals surface area contributed by atoms with Crippen LogP contribution in [0.15, 0.2) is 66.2 Å². The fourth-order valence-electron chi connectivity index (χ4n) is 2.42. The van der Waals surface area contributed by atoms with Crippen LogP contribution in [0.1, 0.15) is 31.0 Å². The van der Waals surface area contributed by atoms with Gasteiger partial charge in [0.1, 0.15) is 5.75 Å². The van der Waals surface area contributed by atoms with Gasteiger partial charge < -0.3 is 14.8 Å². The Morgan fingerprint density at radius 3 is 2.19 bits per heavy atom. The van der Waals surface area contributed by atoms with Crippen LogP contribution in [0.3, 0.4) is 0 Å². The SMILES string of the molecule is COc1ccc([C@H](NC(=O)COC(=O)C=C(C)C)c2ccccc2)cc1. The van der Waals surface area contributed by atoms with Gasteiger partial charge in [-0.05, 0) is 37.1 Å². The van der Waals surface area contributed by atoms with E-state index in [1.54, 1.807) is 21.0 Å². The summed E-state index contributed by atoms with van der Waals surface area (Å²) in [4.78, 5) is 23.8. The largest absolute Gasteiger partial charge is 0.497 e. The summed E-state index contributed by atoms with van der Waals surface area (Å²) in [6.45, 7) is 3.25. The molecule has 0 unspecified atom stereocenters. The van der Waals surface area contributed by atoms with Crippen LogP contribution in [0.5, 0.6) is 5.75 Å². The van der Waals surface area contributed by atoms with Crippen LogP contribution in [-0.2, 0) is 14.3 Å². The maximum absolute atomic E-state index is 12.3. The molecule has 1 atom stereocenters. The first-order chi connectivity index (χ1) is 12.5. The minimum Gasteiger partial charge on any atom is -0.497 e. The molecule has 0 fully saturated rings. The topological polar surface area (TPSA) is 64.6 Å². The van der Waals surface area contributed by atoms with Crippen molar-refractivity contribution in [1.82, 2.24) is 5.32 Å². The first kappa shape index (κ1) is 19.2. The lowest BCUT2D eigenvalue weighted by atomic mass is 9.98. The van der Waals surface area contributed by atoms with Gasteiger partial charge in [0.15, 0.2) is 6.61 Å². The van der Waals surface area contributed by atoms with Crippen molar-refractivity contribution in [3.05, 3.63) is 77.4 Å². The second-order valence-electron chi connectivity index (χ2n) is 6.01. The summed E-state index contributed by atoms with van der Waals surface area (Å²) in [5.41, 5.74) is 2.65. The van der Waals surface area contributed by atoms with E-state index in [0.29, 0.717) is 0 Å². The zero-order valence-electron chi connectivity index (χ0n) is 15.2. The summed E-state index contributed by atoms with van der Waals surface area (Å²) >= 11 is 0. The van der Waals surface area contributed by atoms with Gasteiger partial charge in [0.05, 0.1) is 13.2 Å². The molecule has 5 heteroatoms. The monoisotopic (exact) mass is 353 g/mol. The molecule has 0 bridgehead atoms. The van der Waals surface area contributed by atoms with Crippen LogP contribution in [-0.4, -0.2) is 25.6 Å². The second kappa shape index (κ2) is 9.42. The van der Waals surface area contributed by atoms with Gasteiger partial charge in [-0.2, -0.15) is 0 Å². The molecule has 5 nitrogen and oxygen atoms in total. The highest BCUT2D eigenvalue weighted by atomic mass is 16.5. The number of benzene rings is 2. The molecule has 0 aliphatic heterocycles. The minimum atomic E-state index is -0.527. The third kappa shape index (κ3) is 5.77. The Kier molecular flexibility index (Phi) is 6.97. The van der Waals surface area contributed by atoms with Crippen molar-refractivity contribution in [3.63, 3.8) is 0 Å². The average molecular weight is 353 g/mol. The number of carbonyl (C=O) groups excluding carboxylic acids is 2. The third-order valence-electron chi connectivity index (χ3n) is 3.64. The number of hydrogen-bond donors (Lipinski definition) is 1. The molecule has 136 valence electrons. The summed E-state index contributed by atoms with van der Waals surface area (Å²) in [5.74, 6) is -0.159. The molecule has 0 aromatic heterocycles. The Morgan fingerprint density at radius 1 is 1.00 bits per heavy atom. The Labute approximate surface area is 153 Å². The zero-order valence-corrected chi connectivity index (χ0v) is 15.2. The Bertz CT molecular complexity index is 762. The molecule has 0 aliphatic carbocycles. The van der Waals surface area contributed by atoms with Crippen molar-refractivity contribution >= 4 is 11.9 Å². The molecule has 0 spiro atoms. The molecule has 0 aliphatic rings. The number of methoxy groups -OCH3 is 1. The number of amides is 1. The number of rotatable bonds is 7. The van der Waals surface area contributed by atoms with E-state index in [0.717, 1.165) is 22.4 Å². The van der Waals surface area contributed by atoms with Gasteiger partial charge in [0, 0.05) is 6.08 Å². The fraction of sp³-hybridized carbons (Fsp3) is 0.238. The third-order valence-corrected chi connectivity index (χ3v) is 3.64. The minimum absolute atomic E-state index is 0.331. The first-order valence-corrected chi connectivity index (χ1v) is 8.29. The van der Waals surface area contributed by atoms with Crippen molar-refractivity contribution < 1.29 is 19.1 Å². The molecule has 1 amide bonds.